The molecule has 0 bridgehead atoms. The van der Waals surface area contributed by atoms with Gasteiger partial charge in [0.1, 0.15) is 5.75 Å². The Morgan fingerprint density at radius 1 is 1.12 bits per heavy atom. The van der Waals surface area contributed by atoms with E-state index in [0.29, 0.717) is 17.5 Å². The summed E-state index contributed by atoms with van der Waals surface area (Å²) in [6.07, 6.45) is 0.992. The third-order valence-electron chi connectivity index (χ3n) is 3.63. The molecular formula is C19H19N3O3. The van der Waals surface area contributed by atoms with E-state index < -0.39 is 0 Å². The molecule has 2 aromatic carbocycles. The Morgan fingerprint density at radius 3 is 2.48 bits per heavy atom. The van der Waals surface area contributed by atoms with Crippen LogP contribution in [-0.2, 0) is 17.8 Å². The van der Waals surface area contributed by atoms with Crippen LogP contribution in [-0.4, -0.2) is 16.0 Å². The molecule has 1 aromatic heterocycles. The molecule has 25 heavy (non-hydrogen) atoms. The average Bonchev–Trinajstić information content (AvgIpc) is 3.10. The van der Waals surface area contributed by atoms with Crippen LogP contribution in [0.2, 0.25) is 0 Å². The molecule has 1 amide bonds. The Bertz CT molecular complexity index is 839. The van der Waals surface area contributed by atoms with Gasteiger partial charge in [0, 0.05) is 18.2 Å². The second-order valence-electron chi connectivity index (χ2n) is 5.56. The summed E-state index contributed by atoms with van der Waals surface area (Å²) in [5, 5.41) is 6.69. The molecule has 0 atom stereocenters. The van der Waals surface area contributed by atoms with Crippen LogP contribution in [0.4, 0.5) is 5.69 Å². The molecule has 6 nitrogen and oxygen atoms in total. The lowest BCUT2D eigenvalue weighted by atomic mass is 10.1. The molecule has 0 radical (unpaired) electrons. The first kappa shape index (κ1) is 16.7. The first-order valence-electron chi connectivity index (χ1n) is 8.06. The van der Waals surface area contributed by atoms with E-state index in [1.165, 1.54) is 12.5 Å². The van der Waals surface area contributed by atoms with Crippen molar-refractivity contribution in [3.8, 4) is 17.1 Å². The van der Waals surface area contributed by atoms with Gasteiger partial charge in [-0.25, -0.2) is 0 Å². The van der Waals surface area contributed by atoms with Crippen LogP contribution >= 0.6 is 0 Å². The van der Waals surface area contributed by atoms with E-state index in [0.717, 1.165) is 17.7 Å². The predicted molar refractivity (Wildman–Crippen MR) is 94.2 cm³/mol. The van der Waals surface area contributed by atoms with Crippen molar-refractivity contribution in [1.29, 1.82) is 0 Å². The number of hydrogen-bond donors (Lipinski definition) is 1. The molecule has 0 unspecified atom stereocenters. The largest absolute Gasteiger partial charge is 0.484 e. The van der Waals surface area contributed by atoms with Gasteiger partial charge in [-0.15, -0.1) is 0 Å². The highest BCUT2D eigenvalue weighted by Gasteiger charge is 2.09. The van der Waals surface area contributed by atoms with E-state index in [9.17, 15) is 4.79 Å². The van der Waals surface area contributed by atoms with Crippen molar-refractivity contribution in [2.24, 2.45) is 0 Å². The maximum atomic E-state index is 11.0. The number of amides is 1. The molecule has 0 spiro atoms. The summed E-state index contributed by atoms with van der Waals surface area (Å²) in [4.78, 5) is 15.3. The number of ether oxygens (including phenoxy) is 1. The number of nitrogens with one attached hydrogen (secondary N) is 1. The maximum Gasteiger partial charge on any atom is 0.264 e. The second-order valence-corrected chi connectivity index (χ2v) is 5.56. The quantitative estimate of drug-likeness (QED) is 0.739. The van der Waals surface area contributed by atoms with Crippen molar-refractivity contribution < 1.29 is 14.1 Å². The summed E-state index contributed by atoms with van der Waals surface area (Å²) >= 11 is 0. The maximum absolute atomic E-state index is 11.0. The number of carbonyl (C=O) groups is 1. The third-order valence-corrected chi connectivity index (χ3v) is 3.63. The molecule has 0 fully saturated rings. The van der Waals surface area contributed by atoms with Crippen LogP contribution < -0.4 is 10.1 Å². The number of rotatable bonds is 6. The zero-order valence-electron chi connectivity index (χ0n) is 14.2. The molecule has 0 saturated heterocycles. The third kappa shape index (κ3) is 4.44. The molecule has 0 saturated carbocycles. The molecule has 0 aliphatic rings. The van der Waals surface area contributed by atoms with E-state index >= 15 is 0 Å². The first-order chi connectivity index (χ1) is 12.1. The molecule has 128 valence electrons. The Kier molecular flexibility index (Phi) is 5.09. The number of aryl methyl sites for hydroxylation is 1. The number of anilines is 1. The van der Waals surface area contributed by atoms with Crippen LogP contribution in [0, 0.1) is 0 Å². The molecule has 1 N–H and O–H groups in total. The van der Waals surface area contributed by atoms with Gasteiger partial charge in [0.15, 0.2) is 6.61 Å². The Balaban J connectivity index is 1.60. The minimum Gasteiger partial charge on any atom is -0.484 e. The lowest BCUT2D eigenvalue weighted by Gasteiger charge is -2.05. The number of benzene rings is 2. The van der Waals surface area contributed by atoms with Crippen molar-refractivity contribution in [1.82, 2.24) is 10.1 Å². The normalized spacial score (nSPS) is 10.5. The molecule has 1 heterocycles. The lowest BCUT2D eigenvalue weighted by Crippen LogP contribution is -2.05. The minimum atomic E-state index is -0.112. The van der Waals surface area contributed by atoms with E-state index in [1.54, 1.807) is 24.3 Å². The fraction of sp³-hybridized carbons (Fsp3) is 0.211. The van der Waals surface area contributed by atoms with E-state index in [4.69, 9.17) is 9.26 Å². The van der Waals surface area contributed by atoms with E-state index in [2.05, 4.69) is 34.5 Å². The van der Waals surface area contributed by atoms with Crippen LogP contribution in [0.1, 0.15) is 25.3 Å². The topological polar surface area (TPSA) is 77.3 Å². The zero-order valence-corrected chi connectivity index (χ0v) is 14.2. The predicted octanol–water partition coefficient (Wildman–Crippen LogP) is 3.84. The highest BCUT2D eigenvalue weighted by Crippen LogP contribution is 2.19. The lowest BCUT2D eigenvalue weighted by molar-refractivity contribution is -0.114. The average molecular weight is 337 g/mol. The zero-order chi connectivity index (χ0) is 17.6. The minimum absolute atomic E-state index is 0.112. The first-order valence-corrected chi connectivity index (χ1v) is 8.06. The highest BCUT2D eigenvalue weighted by atomic mass is 16.5. The summed E-state index contributed by atoms with van der Waals surface area (Å²) in [5.74, 6) is 1.49. The molecular weight excluding hydrogens is 318 g/mol. The fourth-order valence-corrected chi connectivity index (χ4v) is 2.30. The van der Waals surface area contributed by atoms with Gasteiger partial charge in [-0.05, 0) is 36.2 Å². The molecule has 3 rings (SSSR count). The van der Waals surface area contributed by atoms with Crippen LogP contribution in [0.5, 0.6) is 5.75 Å². The summed E-state index contributed by atoms with van der Waals surface area (Å²) in [6, 6.07) is 15.1. The van der Waals surface area contributed by atoms with Crippen molar-refractivity contribution in [3.05, 3.63) is 60.0 Å². The fourth-order valence-electron chi connectivity index (χ4n) is 2.30. The summed E-state index contributed by atoms with van der Waals surface area (Å²) < 4.78 is 10.9. The molecule has 0 aliphatic carbocycles. The Hall–Kier alpha value is -3.15. The van der Waals surface area contributed by atoms with Gasteiger partial charge in [0.05, 0.1) is 0 Å². The summed E-state index contributed by atoms with van der Waals surface area (Å²) in [6.45, 7) is 3.76. The van der Waals surface area contributed by atoms with Crippen molar-refractivity contribution in [2.45, 2.75) is 26.9 Å². The second kappa shape index (κ2) is 7.61. The molecule has 0 aliphatic heterocycles. The Labute approximate surface area is 145 Å². The smallest absolute Gasteiger partial charge is 0.264 e. The Morgan fingerprint density at radius 2 is 1.84 bits per heavy atom. The SMILES string of the molecule is CCc1ccc(-c2noc(COc3ccc(NC(C)=O)cc3)n2)cc1. The van der Waals surface area contributed by atoms with Crippen LogP contribution in [0.3, 0.4) is 0 Å². The summed E-state index contributed by atoms with van der Waals surface area (Å²) in [5.41, 5.74) is 2.89. The van der Waals surface area contributed by atoms with Crippen molar-refractivity contribution in [2.75, 3.05) is 5.32 Å². The number of aromatic nitrogens is 2. The van der Waals surface area contributed by atoms with Crippen LogP contribution in [0.25, 0.3) is 11.4 Å². The molecule has 3 aromatic rings. The number of hydrogen-bond acceptors (Lipinski definition) is 5. The highest BCUT2D eigenvalue weighted by molar-refractivity contribution is 5.88. The van der Waals surface area contributed by atoms with Crippen molar-refractivity contribution in [3.63, 3.8) is 0 Å². The van der Waals surface area contributed by atoms with E-state index in [1.807, 2.05) is 12.1 Å². The van der Waals surface area contributed by atoms with E-state index in [-0.39, 0.29) is 12.5 Å². The number of nitrogens with zero attached hydrogens (tertiary/aromatic N) is 2. The van der Waals surface area contributed by atoms with Gasteiger partial charge in [-0.2, -0.15) is 4.98 Å². The van der Waals surface area contributed by atoms with Gasteiger partial charge in [-0.3, -0.25) is 4.79 Å². The van der Waals surface area contributed by atoms with Gasteiger partial charge in [-0.1, -0.05) is 36.3 Å². The van der Waals surface area contributed by atoms with Gasteiger partial charge >= 0.3 is 0 Å². The monoisotopic (exact) mass is 337 g/mol. The van der Waals surface area contributed by atoms with Crippen molar-refractivity contribution >= 4 is 11.6 Å². The number of carbonyl (C=O) groups excluding carboxylic acids is 1. The summed E-state index contributed by atoms with van der Waals surface area (Å²) in [7, 11) is 0. The molecule has 6 heteroatoms. The van der Waals surface area contributed by atoms with Gasteiger partial charge < -0.3 is 14.6 Å². The van der Waals surface area contributed by atoms with Gasteiger partial charge in [0.25, 0.3) is 5.89 Å². The van der Waals surface area contributed by atoms with Gasteiger partial charge in [0.2, 0.25) is 11.7 Å². The standard InChI is InChI=1S/C19H19N3O3/c1-3-14-4-6-15(7-5-14)19-21-18(25-22-19)12-24-17-10-8-16(9-11-17)20-13(2)23/h4-11H,3,12H2,1-2H3,(H,20,23). The van der Waals surface area contributed by atoms with Crippen LogP contribution in [0.15, 0.2) is 53.1 Å².